The zero-order valence-corrected chi connectivity index (χ0v) is 23.8. The lowest BCUT2D eigenvalue weighted by atomic mass is 9.73. The number of hydrogen-bond acceptors (Lipinski definition) is 8. The Morgan fingerprint density at radius 3 is 2.26 bits per heavy atom. The van der Waals surface area contributed by atoms with Crippen molar-refractivity contribution in [3.05, 3.63) is 104 Å². The molecule has 0 radical (unpaired) electrons. The summed E-state index contributed by atoms with van der Waals surface area (Å²) in [7, 11) is 4.48. The van der Waals surface area contributed by atoms with Crippen LogP contribution in [0.3, 0.4) is 0 Å². The second-order valence-corrected chi connectivity index (χ2v) is 10.1. The smallest absolute Gasteiger partial charge is 0.271 e. The first-order valence-electron chi connectivity index (χ1n) is 13.4. The lowest BCUT2D eigenvalue weighted by molar-refractivity contribution is -0.384. The third-order valence-electron chi connectivity index (χ3n) is 7.72. The number of rotatable bonds is 7. The highest BCUT2D eigenvalue weighted by molar-refractivity contribution is 6.20. The van der Waals surface area contributed by atoms with Crippen molar-refractivity contribution in [3.8, 4) is 17.2 Å². The van der Waals surface area contributed by atoms with Crippen molar-refractivity contribution in [3.63, 3.8) is 0 Å². The van der Waals surface area contributed by atoms with Gasteiger partial charge in [0.2, 0.25) is 5.75 Å². The van der Waals surface area contributed by atoms with Gasteiger partial charge in [-0.1, -0.05) is 36.4 Å². The number of benzene rings is 3. The number of nitrogens with one attached hydrogen (secondary N) is 1. The summed E-state index contributed by atoms with van der Waals surface area (Å²) in [5.74, 6) is -0.174. The van der Waals surface area contributed by atoms with Crippen LogP contribution in [0.2, 0.25) is 0 Å². The summed E-state index contributed by atoms with van der Waals surface area (Å²) in [6, 6.07) is 16.7. The first kappa shape index (κ1) is 28.4. The third-order valence-corrected chi connectivity index (χ3v) is 7.72. The fraction of sp³-hybridized carbons (Fsp3) is 0.250. The molecule has 216 valence electrons. The molecule has 0 unspecified atom stereocenters. The van der Waals surface area contributed by atoms with E-state index < -0.39 is 10.8 Å². The number of nitrogens with zero attached hydrogens (tertiary/aromatic N) is 2. The summed E-state index contributed by atoms with van der Waals surface area (Å²) in [5.41, 5.74) is 3.12. The number of carbonyl (C=O) groups excluding carboxylic acids is 1. The Morgan fingerprint density at radius 2 is 1.67 bits per heavy atom. The highest BCUT2D eigenvalue weighted by Crippen LogP contribution is 2.51. The molecule has 0 spiro atoms. The number of allylic oxidation sites excluding steroid dienone is 2. The van der Waals surface area contributed by atoms with E-state index in [0.717, 1.165) is 0 Å². The van der Waals surface area contributed by atoms with Crippen molar-refractivity contribution in [2.45, 2.75) is 32.1 Å². The van der Waals surface area contributed by atoms with Crippen molar-refractivity contribution in [2.24, 2.45) is 0 Å². The van der Waals surface area contributed by atoms with Gasteiger partial charge in [-0.15, -0.1) is 0 Å². The molecule has 1 aliphatic carbocycles. The Labute approximate surface area is 243 Å². The van der Waals surface area contributed by atoms with Gasteiger partial charge < -0.3 is 19.3 Å². The van der Waals surface area contributed by atoms with Gasteiger partial charge in [0, 0.05) is 46.9 Å². The first-order chi connectivity index (χ1) is 20.2. The van der Waals surface area contributed by atoms with Gasteiger partial charge in [0.15, 0.2) is 17.3 Å². The number of nitro groups is 1. The average Bonchev–Trinajstić information content (AvgIpc) is 3.00. The van der Waals surface area contributed by atoms with Gasteiger partial charge in [0.25, 0.3) is 5.69 Å². The first-order valence-corrected chi connectivity index (χ1v) is 13.4. The number of aliphatic hydroxyl groups is 1. The van der Waals surface area contributed by atoms with Crippen LogP contribution in [0.5, 0.6) is 17.2 Å². The van der Waals surface area contributed by atoms with Crippen molar-refractivity contribution in [2.75, 3.05) is 26.2 Å². The maximum absolute atomic E-state index is 13.8. The van der Waals surface area contributed by atoms with E-state index in [4.69, 9.17) is 14.2 Å². The molecule has 5 rings (SSSR count). The topological polar surface area (TPSA) is 135 Å². The summed E-state index contributed by atoms with van der Waals surface area (Å²) in [5, 5.41) is 33.1. The van der Waals surface area contributed by atoms with E-state index in [1.54, 1.807) is 54.3 Å². The number of methoxy groups -OCH3 is 3. The van der Waals surface area contributed by atoms with Crippen LogP contribution in [0.4, 0.5) is 11.4 Å². The molecular weight excluding hydrogens is 538 g/mol. The van der Waals surface area contributed by atoms with E-state index in [2.05, 4.69) is 0 Å². The van der Waals surface area contributed by atoms with Crippen molar-refractivity contribution in [1.29, 1.82) is 5.41 Å². The molecule has 10 heteroatoms. The fourth-order valence-electron chi connectivity index (χ4n) is 5.76. The molecule has 2 aliphatic rings. The van der Waals surface area contributed by atoms with Gasteiger partial charge in [-0.25, -0.2) is 0 Å². The number of hydrogen-bond donors (Lipinski definition) is 2. The molecule has 0 aromatic heterocycles. The molecule has 1 atom stereocenters. The van der Waals surface area contributed by atoms with Crippen molar-refractivity contribution in [1.82, 2.24) is 0 Å². The average molecular weight is 570 g/mol. The second-order valence-electron chi connectivity index (χ2n) is 10.1. The van der Waals surface area contributed by atoms with Gasteiger partial charge in [0.1, 0.15) is 11.6 Å². The molecule has 1 heterocycles. The number of aliphatic hydroxyl groups excluding tert-OH is 1. The summed E-state index contributed by atoms with van der Waals surface area (Å²) in [6.07, 6.45) is 1.31. The number of ketones is 1. The van der Waals surface area contributed by atoms with Crippen LogP contribution in [0.25, 0.3) is 5.76 Å². The Morgan fingerprint density at radius 1 is 1.00 bits per heavy atom. The number of non-ortho nitro benzene ring substituents is 1. The molecule has 0 saturated carbocycles. The molecule has 0 fully saturated rings. The van der Waals surface area contributed by atoms with Gasteiger partial charge in [0.05, 0.1) is 31.9 Å². The number of anilines is 1. The molecule has 10 nitrogen and oxygen atoms in total. The standard InChI is InChI=1S/C32H31N3O7/c1-18-13-14-21(35(38)39)17-23(18)34-22-11-8-12-24(36)28(22)27(20-15-25(40-2)31(42-4)26(16-20)41-3)29(32(34)33)30(37)19-9-6-5-7-10-19/h5-7,9-10,13-17,27,33,37H,8,11-12H2,1-4H3/t27-/m1/s1. The summed E-state index contributed by atoms with van der Waals surface area (Å²) in [4.78, 5) is 26.6. The van der Waals surface area contributed by atoms with E-state index in [9.17, 15) is 25.4 Å². The zero-order valence-electron chi connectivity index (χ0n) is 23.8. The minimum absolute atomic E-state index is 0.0906. The van der Waals surface area contributed by atoms with E-state index >= 15 is 0 Å². The zero-order chi connectivity index (χ0) is 30.1. The van der Waals surface area contributed by atoms with Gasteiger partial charge >= 0.3 is 0 Å². The maximum Gasteiger partial charge on any atom is 0.271 e. The monoisotopic (exact) mass is 569 g/mol. The van der Waals surface area contributed by atoms with Gasteiger partial charge in [-0.05, 0) is 43.0 Å². The highest BCUT2D eigenvalue weighted by Gasteiger charge is 2.44. The van der Waals surface area contributed by atoms with Gasteiger partial charge in [-0.2, -0.15) is 0 Å². The maximum atomic E-state index is 13.8. The van der Waals surface area contributed by atoms with Crippen molar-refractivity contribution >= 4 is 28.8 Å². The number of amidine groups is 1. The molecule has 0 amide bonds. The molecule has 1 aliphatic heterocycles. The number of Topliss-reactive ketones (excluding diaryl/α,β-unsaturated/α-hetero) is 1. The van der Waals surface area contributed by atoms with Crippen LogP contribution in [0, 0.1) is 22.4 Å². The lowest BCUT2D eigenvalue weighted by Gasteiger charge is -2.42. The molecule has 3 aromatic carbocycles. The fourth-order valence-corrected chi connectivity index (χ4v) is 5.76. The van der Waals surface area contributed by atoms with Crippen LogP contribution in [0.1, 0.15) is 41.9 Å². The second kappa shape index (κ2) is 11.4. The lowest BCUT2D eigenvalue weighted by Crippen LogP contribution is -2.42. The molecule has 3 aromatic rings. The number of ether oxygens (including phenoxy) is 3. The van der Waals surface area contributed by atoms with E-state index in [-0.39, 0.29) is 35.1 Å². The van der Waals surface area contributed by atoms with Crippen LogP contribution < -0.4 is 19.1 Å². The largest absolute Gasteiger partial charge is 0.507 e. The van der Waals surface area contributed by atoms with E-state index in [1.165, 1.54) is 33.5 Å². The van der Waals surface area contributed by atoms with Crippen LogP contribution in [0.15, 0.2) is 77.5 Å². The molecule has 0 saturated heterocycles. The predicted octanol–water partition coefficient (Wildman–Crippen LogP) is 6.49. The van der Waals surface area contributed by atoms with Gasteiger partial charge in [-0.3, -0.25) is 25.2 Å². The van der Waals surface area contributed by atoms with Crippen molar-refractivity contribution < 1.29 is 29.0 Å². The Bertz CT molecular complexity index is 1630. The van der Waals surface area contributed by atoms with E-state index in [0.29, 0.717) is 63.7 Å². The molecule has 0 bridgehead atoms. The van der Waals surface area contributed by atoms with Crippen LogP contribution in [-0.4, -0.2) is 43.0 Å². The minimum Gasteiger partial charge on any atom is -0.507 e. The third kappa shape index (κ3) is 4.74. The predicted molar refractivity (Wildman–Crippen MR) is 159 cm³/mol. The molecule has 2 N–H and O–H groups in total. The molecular formula is C32H31N3O7. The summed E-state index contributed by atoms with van der Waals surface area (Å²) in [6.45, 7) is 1.79. The highest BCUT2D eigenvalue weighted by atomic mass is 16.6. The van der Waals surface area contributed by atoms with E-state index in [1.807, 2.05) is 6.07 Å². The summed E-state index contributed by atoms with van der Waals surface area (Å²) >= 11 is 0. The SMILES string of the molecule is COc1cc([C@H]2C(=C(O)c3ccccc3)C(=N)N(c3cc([N+](=O)[O-])ccc3C)C3=C2C(=O)CCC3)cc(OC)c1OC. The Hall–Kier alpha value is -5.12. The number of nitro benzene ring substituents is 1. The van der Waals surface area contributed by atoms with Crippen LogP contribution in [-0.2, 0) is 4.79 Å². The normalized spacial score (nSPS) is 18.0. The van der Waals surface area contributed by atoms with Crippen LogP contribution >= 0.6 is 0 Å². The Balaban J connectivity index is 1.89. The minimum atomic E-state index is -0.857. The number of aryl methyl sites for hydroxylation is 1. The summed E-state index contributed by atoms with van der Waals surface area (Å²) < 4.78 is 16.7. The Kier molecular flexibility index (Phi) is 7.71. The number of carbonyl (C=O) groups is 1. The molecule has 42 heavy (non-hydrogen) atoms. The quantitative estimate of drug-likeness (QED) is 0.187.